The molecule has 0 bridgehead atoms. The van der Waals surface area contributed by atoms with E-state index in [4.69, 9.17) is 9.47 Å². The van der Waals surface area contributed by atoms with Crippen molar-refractivity contribution >= 4 is 34.7 Å². The van der Waals surface area contributed by atoms with E-state index in [0.717, 1.165) is 4.90 Å². The molecule has 0 spiro atoms. The third-order valence-electron chi connectivity index (χ3n) is 5.32. The average molecular weight is 465 g/mol. The van der Waals surface area contributed by atoms with Crippen molar-refractivity contribution in [1.29, 1.82) is 0 Å². The molecule has 0 saturated carbocycles. The van der Waals surface area contributed by atoms with E-state index < -0.39 is 34.9 Å². The summed E-state index contributed by atoms with van der Waals surface area (Å²) in [5, 5.41) is 12.4. The molecule has 2 heterocycles. The zero-order valence-corrected chi connectivity index (χ0v) is 20.1. The predicted molar refractivity (Wildman–Crippen MR) is 127 cm³/mol. The summed E-state index contributed by atoms with van der Waals surface area (Å²) in [6.07, 6.45) is -0.149. The second-order valence-electron chi connectivity index (χ2n) is 10.3. The predicted octanol–water partition coefficient (Wildman–Crippen LogP) is 4.94. The van der Waals surface area contributed by atoms with Crippen LogP contribution < -0.4 is 4.90 Å². The Morgan fingerprint density at radius 3 is 2.03 bits per heavy atom. The second kappa shape index (κ2) is 7.70. The fourth-order valence-electron chi connectivity index (χ4n) is 4.04. The molecule has 2 aromatic carbocycles. The molecule has 1 unspecified atom stereocenters. The van der Waals surface area contributed by atoms with Crippen LogP contribution >= 0.6 is 0 Å². The normalized spacial score (nSPS) is 18.2. The first-order chi connectivity index (χ1) is 15.7. The van der Waals surface area contributed by atoms with Gasteiger partial charge >= 0.3 is 12.2 Å². The SMILES string of the molecule is CC(C)(C)OC(=O)N1C(=O)C(O)(c2cn(C(=O)OC(C)(C)C)c3ccccc23)c2ccccc21. The molecule has 1 N–H and O–H groups in total. The largest absolute Gasteiger partial charge is 0.443 e. The van der Waals surface area contributed by atoms with Crippen molar-refractivity contribution < 1.29 is 29.0 Å². The number of hydrogen-bond donors (Lipinski definition) is 1. The van der Waals surface area contributed by atoms with Crippen LogP contribution in [0.5, 0.6) is 0 Å². The van der Waals surface area contributed by atoms with Gasteiger partial charge in [0.05, 0.1) is 11.2 Å². The smallest absolute Gasteiger partial charge is 0.421 e. The highest BCUT2D eigenvalue weighted by atomic mass is 16.6. The summed E-state index contributed by atoms with van der Waals surface area (Å²) in [6, 6.07) is 13.4. The lowest BCUT2D eigenvalue weighted by Crippen LogP contribution is -2.45. The second-order valence-corrected chi connectivity index (χ2v) is 10.3. The molecule has 0 radical (unpaired) electrons. The lowest BCUT2D eigenvalue weighted by molar-refractivity contribution is -0.131. The molecule has 8 nitrogen and oxygen atoms in total. The highest BCUT2D eigenvalue weighted by Crippen LogP contribution is 2.47. The molecule has 0 fully saturated rings. The van der Waals surface area contributed by atoms with Crippen LogP contribution in [0, 0.1) is 0 Å². The summed E-state index contributed by atoms with van der Waals surface area (Å²) < 4.78 is 12.2. The number of carbonyl (C=O) groups is 3. The van der Waals surface area contributed by atoms with Crippen LogP contribution in [0.2, 0.25) is 0 Å². The summed E-state index contributed by atoms with van der Waals surface area (Å²) in [7, 11) is 0. The molecule has 1 atom stereocenters. The van der Waals surface area contributed by atoms with E-state index in [0.29, 0.717) is 10.9 Å². The molecule has 0 saturated heterocycles. The molecule has 1 aliphatic rings. The van der Waals surface area contributed by atoms with Gasteiger partial charge in [-0.05, 0) is 53.7 Å². The number of carbonyl (C=O) groups excluding carboxylic acids is 3. The number of rotatable bonds is 1. The molecule has 34 heavy (non-hydrogen) atoms. The number of aliphatic hydroxyl groups is 1. The minimum atomic E-state index is -2.22. The first kappa shape index (κ1) is 23.5. The summed E-state index contributed by atoms with van der Waals surface area (Å²) in [6.45, 7) is 10.3. The van der Waals surface area contributed by atoms with Gasteiger partial charge in [0.15, 0.2) is 5.60 Å². The summed E-state index contributed by atoms with van der Waals surface area (Å²) in [4.78, 5) is 40.5. The Hall–Kier alpha value is -3.65. The molecular weight excluding hydrogens is 436 g/mol. The minimum Gasteiger partial charge on any atom is -0.443 e. The van der Waals surface area contributed by atoms with E-state index in [1.165, 1.54) is 10.8 Å². The van der Waals surface area contributed by atoms with Gasteiger partial charge in [0, 0.05) is 22.7 Å². The number of fused-ring (bicyclic) bond motifs is 2. The minimum absolute atomic E-state index is 0.164. The van der Waals surface area contributed by atoms with E-state index in [1.807, 2.05) is 0 Å². The van der Waals surface area contributed by atoms with E-state index in [-0.39, 0.29) is 16.8 Å². The molecule has 2 amide bonds. The fraction of sp³-hybridized carbons (Fsp3) is 0.346. The number of para-hydroxylation sites is 2. The van der Waals surface area contributed by atoms with Crippen LogP contribution in [0.15, 0.2) is 54.7 Å². The Morgan fingerprint density at radius 1 is 0.824 bits per heavy atom. The molecule has 1 aromatic heterocycles. The monoisotopic (exact) mass is 464 g/mol. The van der Waals surface area contributed by atoms with Gasteiger partial charge < -0.3 is 14.6 Å². The Balaban J connectivity index is 1.91. The fourth-order valence-corrected chi connectivity index (χ4v) is 4.04. The first-order valence-electron chi connectivity index (χ1n) is 11.0. The van der Waals surface area contributed by atoms with E-state index in [1.54, 1.807) is 90.1 Å². The van der Waals surface area contributed by atoms with Crippen LogP contribution in [-0.4, -0.2) is 39.0 Å². The number of anilines is 1. The number of amides is 2. The van der Waals surface area contributed by atoms with Gasteiger partial charge in [0.1, 0.15) is 11.2 Å². The van der Waals surface area contributed by atoms with Crippen molar-refractivity contribution in [1.82, 2.24) is 4.57 Å². The van der Waals surface area contributed by atoms with E-state index in [2.05, 4.69) is 0 Å². The van der Waals surface area contributed by atoms with Crippen LogP contribution in [0.4, 0.5) is 15.3 Å². The standard InChI is InChI=1S/C26H28N2O6/c1-24(2,3)33-22(30)27-15-18(16-11-7-9-13-19(16)27)26(32)17-12-8-10-14-20(17)28(21(26)29)23(31)34-25(4,5)6/h7-15,32H,1-6H3. The van der Waals surface area contributed by atoms with E-state index >= 15 is 0 Å². The van der Waals surface area contributed by atoms with Gasteiger partial charge in [-0.15, -0.1) is 0 Å². The molecule has 4 rings (SSSR count). The van der Waals surface area contributed by atoms with Gasteiger partial charge in [-0.2, -0.15) is 0 Å². The van der Waals surface area contributed by atoms with Gasteiger partial charge in [-0.3, -0.25) is 9.36 Å². The van der Waals surface area contributed by atoms with Crippen LogP contribution in [0.25, 0.3) is 10.9 Å². The maximum Gasteiger partial charge on any atom is 0.421 e. The van der Waals surface area contributed by atoms with Crippen molar-refractivity contribution in [2.24, 2.45) is 0 Å². The number of nitrogens with zero attached hydrogens (tertiary/aromatic N) is 2. The Bertz CT molecular complexity index is 1310. The third kappa shape index (κ3) is 3.84. The van der Waals surface area contributed by atoms with Crippen LogP contribution in [0.1, 0.15) is 52.7 Å². The van der Waals surface area contributed by atoms with Crippen LogP contribution in [0.3, 0.4) is 0 Å². The quantitative estimate of drug-likeness (QED) is 0.548. The maximum absolute atomic E-state index is 13.7. The highest BCUT2D eigenvalue weighted by molar-refractivity contribution is 6.22. The lowest BCUT2D eigenvalue weighted by atomic mass is 9.87. The zero-order valence-electron chi connectivity index (χ0n) is 20.1. The topological polar surface area (TPSA) is 98.1 Å². The number of ether oxygens (including phenoxy) is 2. The lowest BCUT2D eigenvalue weighted by Gasteiger charge is -2.25. The van der Waals surface area contributed by atoms with Crippen molar-refractivity contribution in [2.45, 2.75) is 58.3 Å². The molecule has 8 heteroatoms. The maximum atomic E-state index is 13.7. The van der Waals surface area contributed by atoms with E-state index in [9.17, 15) is 19.5 Å². The van der Waals surface area contributed by atoms with Crippen molar-refractivity contribution in [3.8, 4) is 0 Å². The van der Waals surface area contributed by atoms with Crippen molar-refractivity contribution in [3.63, 3.8) is 0 Å². The summed E-state index contributed by atoms with van der Waals surface area (Å²) >= 11 is 0. The number of imide groups is 1. The summed E-state index contributed by atoms with van der Waals surface area (Å²) in [5.74, 6) is -0.880. The molecule has 178 valence electrons. The zero-order chi connectivity index (χ0) is 25.1. The first-order valence-corrected chi connectivity index (χ1v) is 11.0. The number of benzene rings is 2. The molecular formula is C26H28N2O6. The van der Waals surface area contributed by atoms with Gasteiger partial charge in [-0.25, -0.2) is 14.5 Å². The van der Waals surface area contributed by atoms with Crippen LogP contribution in [-0.2, 0) is 19.9 Å². The van der Waals surface area contributed by atoms with Gasteiger partial charge in [-0.1, -0.05) is 36.4 Å². The molecule has 0 aliphatic carbocycles. The Morgan fingerprint density at radius 2 is 1.38 bits per heavy atom. The third-order valence-corrected chi connectivity index (χ3v) is 5.32. The van der Waals surface area contributed by atoms with Crippen molar-refractivity contribution in [3.05, 3.63) is 65.9 Å². The number of aromatic nitrogens is 1. The van der Waals surface area contributed by atoms with Gasteiger partial charge in [0.2, 0.25) is 0 Å². The highest BCUT2D eigenvalue weighted by Gasteiger charge is 2.55. The molecule has 1 aliphatic heterocycles. The summed E-state index contributed by atoms with van der Waals surface area (Å²) in [5.41, 5.74) is -2.75. The molecule has 3 aromatic rings. The Kier molecular flexibility index (Phi) is 5.32. The van der Waals surface area contributed by atoms with Crippen molar-refractivity contribution in [2.75, 3.05) is 4.90 Å². The number of hydrogen-bond acceptors (Lipinski definition) is 6. The average Bonchev–Trinajstić information content (AvgIpc) is 3.21. The Labute approximate surface area is 197 Å². The van der Waals surface area contributed by atoms with Gasteiger partial charge in [0.25, 0.3) is 5.91 Å².